The Morgan fingerprint density at radius 1 is 1.06 bits per heavy atom. The number of aliphatic hydroxyl groups is 4. The molecule has 8 heteroatoms. The van der Waals surface area contributed by atoms with Crippen LogP contribution in [0.3, 0.4) is 0 Å². The fourth-order valence-corrected chi connectivity index (χ4v) is 7.12. The molecule has 36 heavy (non-hydrogen) atoms. The number of carbonyl (C=O) groups is 3. The molecule has 2 saturated carbocycles. The Morgan fingerprint density at radius 2 is 1.75 bits per heavy atom. The fraction of sp³-hybridized carbons (Fsp3) is 0.536. The first-order valence-corrected chi connectivity index (χ1v) is 12.8. The van der Waals surface area contributed by atoms with Crippen LogP contribution in [0.25, 0.3) is 5.76 Å². The van der Waals surface area contributed by atoms with Crippen LogP contribution in [0.5, 0.6) is 5.75 Å². The van der Waals surface area contributed by atoms with Crippen molar-refractivity contribution in [3.63, 3.8) is 0 Å². The molecule has 0 heterocycles. The minimum absolute atomic E-state index is 0.0714. The number of phenols is 1. The van der Waals surface area contributed by atoms with E-state index < -0.39 is 70.3 Å². The Labute approximate surface area is 209 Å². The lowest BCUT2D eigenvalue weighted by molar-refractivity contribution is -0.161. The van der Waals surface area contributed by atoms with Gasteiger partial charge in [-0.15, -0.1) is 0 Å². The summed E-state index contributed by atoms with van der Waals surface area (Å²) in [6.07, 6.45) is 5.18. The summed E-state index contributed by atoms with van der Waals surface area (Å²) < 4.78 is 0. The number of benzene rings is 1. The second-order valence-corrected chi connectivity index (χ2v) is 10.8. The minimum Gasteiger partial charge on any atom is -0.508 e. The predicted octanol–water partition coefficient (Wildman–Crippen LogP) is 3.40. The van der Waals surface area contributed by atoms with Gasteiger partial charge in [0.2, 0.25) is 5.78 Å². The molecular weight excluding hydrogens is 464 g/mol. The number of aromatic hydroxyl groups is 1. The third-order valence-electron chi connectivity index (χ3n) is 8.89. The number of ketones is 3. The Bertz CT molecular complexity index is 1200. The zero-order valence-electron chi connectivity index (χ0n) is 20.2. The zero-order chi connectivity index (χ0) is 25.9. The summed E-state index contributed by atoms with van der Waals surface area (Å²) in [6.45, 7) is 1.05. The number of allylic oxidation sites excluding steroid dienone is 1. The number of Topliss-reactive ketones (excluding diaryl/α,β-unsaturated/α-hetero) is 3. The molecule has 0 bridgehead atoms. The van der Waals surface area contributed by atoms with E-state index in [9.17, 15) is 39.9 Å². The van der Waals surface area contributed by atoms with Gasteiger partial charge >= 0.3 is 0 Å². The van der Waals surface area contributed by atoms with E-state index >= 15 is 0 Å². The summed E-state index contributed by atoms with van der Waals surface area (Å²) >= 11 is 0. The van der Waals surface area contributed by atoms with Crippen molar-refractivity contribution in [1.82, 2.24) is 0 Å². The Kier molecular flexibility index (Phi) is 6.08. The van der Waals surface area contributed by atoms with E-state index in [0.717, 1.165) is 39.0 Å². The molecule has 0 saturated heterocycles. The lowest BCUT2D eigenvalue weighted by Gasteiger charge is -2.51. The highest BCUT2D eigenvalue weighted by Gasteiger charge is 2.65. The smallest absolute Gasteiger partial charge is 0.202 e. The van der Waals surface area contributed by atoms with Gasteiger partial charge < -0.3 is 25.5 Å². The number of aliphatic hydroxyl groups excluding tert-OH is 3. The monoisotopic (exact) mass is 496 g/mol. The second-order valence-electron chi connectivity index (χ2n) is 10.8. The SMILES string of the molecule is CC(=O)C1=C(O)C2(O)C(=O)C3=C(O)c4c(O)cccc4C(CCC4CCCCC4)C3C(O)C2CC1=O. The minimum atomic E-state index is -2.73. The molecule has 2 fully saturated rings. The average Bonchev–Trinajstić information content (AvgIpc) is 2.84. The molecule has 192 valence electrons. The molecule has 5 unspecified atom stereocenters. The van der Waals surface area contributed by atoms with E-state index in [1.54, 1.807) is 12.1 Å². The molecular formula is C28H32O8. The summed E-state index contributed by atoms with van der Waals surface area (Å²) in [5.41, 5.74) is -3.01. The molecule has 0 radical (unpaired) electrons. The fourth-order valence-electron chi connectivity index (χ4n) is 7.12. The van der Waals surface area contributed by atoms with Crippen LogP contribution in [-0.4, -0.2) is 54.6 Å². The number of carbonyl (C=O) groups excluding carboxylic acids is 3. The molecule has 0 amide bonds. The van der Waals surface area contributed by atoms with Crippen LogP contribution >= 0.6 is 0 Å². The quantitative estimate of drug-likeness (QED) is 0.398. The van der Waals surface area contributed by atoms with Crippen LogP contribution in [0.15, 0.2) is 35.1 Å². The number of hydrogen-bond acceptors (Lipinski definition) is 8. The maximum atomic E-state index is 13.9. The highest BCUT2D eigenvalue weighted by atomic mass is 16.4. The molecule has 5 N–H and O–H groups in total. The molecule has 8 nitrogen and oxygen atoms in total. The highest BCUT2D eigenvalue weighted by Crippen LogP contribution is 2.57. The lowest BCUT2D eigenvalue weighted by Crippen LogP contribution is -2.63. The van der Waals surface area contributed by atoms with Crippen LogP contribution in [-0.2, 0) is 14.4 Å². The van der Waals surface area contributed by atoms with E-state index in [4.69, 9.17) is 0 Å². The van der Waals surface area contributed by atoms with E-state index in [2.05, 4.69) is 0 Å². The van der Waals surface area contributed by atoms with Gasteiger partial charge in [-0.2, -0.15) is 0 Å². The summed E-state index contributed by atoms with van der Waals surface area (Å²) in [5.74, 6) is -6.77. The first-order chi connectivity index (χ1) is 17.1. The topological polar surface area (TPSA) is 152 Å². The van der Waals surface area contributed by atoms with Crippen molar-refractivity contribution in [2.45, 2.75) is 75.9 Å². The Morgan fingerprint density at radius 3 is 2.42 bits per heavy atom. The second kappa shape index (κ2) is 8.85. The first-order valence-electron chi connectivity index (χ1n) is 12.8. The van der Waals surface area contributed by atoms with Crippen LogP contribution in [0.2, 0.25) is 0 Å². The Hall–Kier alpha value is -2.97. The van der Waals surface area contributed by atoms with Gasteiger partial charge in [0.05, 0.1) is 11.7 Å². The number of phenolic OH excluding ortho intramolecular Hbond substituents is 1. The van der Waals surface area contributed by atoms with Gasteiger partial charge in [0.1, 0.15) is 22.8 Å². The normalized spacial score (nSPS) is 32.8. The molecule has 5 rings (SSSR count). The summed E-state index contributed by atoms with van der Waals surface area (Å²) in [4.78, 5) is 38.6. The van der Waals surface area contributed by atoms with E-state index in [-0.39, 0.29) is 16.9 Å². The van der Waals surface area contributed by atoms with Crippen LogP contribution in [0.1, 0.15) is 75.3 Å². The molecule has 0 aromatic heterocycles. The van der Waals surface area contributed by atoms with Gasteiger partial charge in [0, 0.05) is 23.8 Å². The summed E-state index contributed by atoms with van der Waals surface area (Å²) in [6, 6.07) is 4.79. The molecule has 4 aliphatic rings. The highest BCUT2D eigenvalue weighted by molar-refractivity contribution is 6.23. The average molecular weight is 497 g/mol. The van der Waals surface area contributed by atoms with Gasteiger partial charge in [-0.25, -0.2) is 0 Å². The number of rotatable bonds is 4. The maximum Gasteiger partial charge on any atom is 0.202 e. The van der Waals surface area contributed by atoms with E-state index in [0.29, 0.717) is 17.9 Å². The lowest BCUT2D eigenvalue weighted by atomic mass is 9.54. The molecule has 5 atom stereocenters. The summed E-state index contributed by atoms with van der Waals surface area (Å²) in [7, 11) is 0. The largest absolute Gasteiger partial charge is 0.508 e. The van der Waals surface area contributed by atoms with Crippen molar-refractivity contribution in [2.75, 3.05) is 0 Å². The first kappa shape index (κ1) is 24.7. The van der Waals surface area contributed by atoms with Gasteiger partial charge in [-0.1, -0.05) is 44.2 Å². The van der Waals surface area contributed by atoms with Crippen molar-refractivity contribution < 1.29 is 39.9 Å². The zero-order valence-corrected chi connectivity index (χ0v) is 20.2. The summed E-state index contributed by atoms with van der Waals surface area (Å²) in [5, 5.41) is 55.7. The molecule has 0 aliphatic heterocycles. The van der Waals surface area contributed by atoms with Crippen LogP contribution in [0.4, 0.5) is 0 Å². The van der Waals surface area contributed by atoms with Crippen LogP contribution < -0.4 is 0 Å². The van der Waals surface area contributed by atoms with Gasteiger partial charge in [0.25, 0.3) is 0 Å². The van der Waals surface area contributed by atoms with Crippen molar-refractivity contribution >= 4 is 23.1 Å². The molecule has 0 spiro atoms. The number of hydrogen-bond donors (Lipinski definition) is 5. The maximum absolute atomic E-state index is 13.9. The van der Waals surface area contributed by atoms with Crippen molar-refractivity contribution in [3.05, 3.63) is 46.2 Å². The van der Waals surface area contributed by atoms with Crippen LogP contribution in [0, 0.1) is 17.8 Å². The third-order valence-corrected chi connectivity index (χ3v) is 8.89. The van der Waals surface area contributed by atoms with E-state index in [1.807, 2.05) is 0 Å². The van der Waals surface area contributed by atoms with Gasteiger partial charge in [0.15, 0.2) is 17.2 Å². The van der Waals surface area contributed by atoms with Crippen molar-refractivity contribution in [1.29, 1.82) is 0 Å². The van der Waals surface area contributed by atoms with E-state index in [1.165, 1.54) is 12.5 Å². The third kappa shape index (κ3) is 3.45. The molecule has 1 aromatic carbocycles. The van der Waals surface area contributed by atoms with Gasteiger partial charge in [-0.05, 0) is 43.2 Å². The predicted molar refractivity (Wildman–Crippen MR) is 129 cm³/mol. The Balaban J connectivity index is 1.65. The number of fused-ring (bicyclic) bond motifs is 3. The van der Waals surface area contributed by atoms with Crippen molar-refractivity contribution in [2.24, 2.45) is 17.8 Å². The molecule has 4 aliphatic carbocycles. The van der Waals surface area contributed by atoms with Gasteiger partial charge in [-0.3, -0.25) is 14.4 Å². The standard InChI is InChI=1S/C28H32O8/c1-13(29)20-19(31)12-17-24(32)22-16(11-10-14-6-3-2-4-7-14)15-8-5-9-18(30)21(15)25(33)23(22)27(35)28(17,36)26(20)34/h5,8-9,14,16-17,22,24,30,32-34,36H,2-4,6-7,10-12H2,1H3. The van der Waals surface area contributed by atoms with Crippen molar-refractivity contribution in [3.8, 4) is 5.75 Å². The molecule has 1 aromatic rings.